The number of halogens is 1. The number of pyridine rings is 1. The van der Waals surface area contributed by atoms with Gasteiger partial charge in [-0.05, 0) is 35.7 Å². The van der Waals surface area contributed by atoms with Crippen molar-refractivity contribution in [1.82, 2.24) is 9.97 Å². The highest BCUT2D eigenvalue weighted by molar-refractivity contribution is 7.16. The molecule has 22 heavy (non-hydrogen) atoms. The van der Waals surface area contributed by atoms with Crippen molar-refractivity contribution in [3.8, 4) is 11.3 Å². The van der Waals surface area contributed by atoms with E-state index < -0.39 is 0 Å². The molecule has 0 saturated carbocycles. The summed E-state index contributed by atoms with van der Waals surface area (Å²) in [6.45, 7) is 2.14. The molecule has 0 atom stereocenters. The lowest BCUT2D eigenvalue weighted by atomic mass is 10.1. The number of nitrogens with zero attached hydrogens (tertiary/aromatic N) is 2. The minimum Gasteiger partial charge on any atom is -0.316 e. The van der Waals surface area contributed by atoms with Crippen molar-refractivity contribution >= 4 is 33.9 Å². The number of hydrogen-bond acceptors (Lipinski definition) is 4. The summed E-state index contributed by atoms with van der Waals surface area (Å²) in [5.41, 5.74) is 4.66. The van der Waals surface area contributed by atoms with Crippen molar-refractivity contribution in [1.29, 1.82) is 0 Å². The molecule has 3 aromatic rings. The number of benzene rings is 1. The molecule has 0 amide bonds. The van der Waals surface area contributed by atoms with Gasteiger partial charge < -0.3 is 5.32 Å². The first-order valence-electron chi connectivity index (χ1n) is 7.24. The zero-order valence-corrected chi connectivity index (χ0v) is 13.6. The van der Waals surface area contributed by atoms with E-state index in [9.17, 15) is 0 Å². The van der Waals surface area contributed by atoms with Gasteiger partial charge in [-0.2, -0.15) is 0 Å². The Morgan fingerprint density at radius 3 is 3.09 bits per heavy atom. The SMILES string of the molecule is CCc1ccnc(Nc2nc3c(s2)Cc2c(Cl)cccc2-3)c1. The minimum absolute atomic E-state index is 0.828. The molecule has 5 heteroatoms. The molecule has 2 heterocycles. The third-order valence-corrected chi connectivity index (χ3v) is 5.20. The number of thiazole rings is 1. The van der Waals surface area contributed by atoms with Gasteiger partial charge in [0.1, 0.15) is 5.82 Å². The fraction of sp³-hybridized carbons (Fsp3) is 0.176. The second-order valence-electron chi connectivity index (χ2n) is 5.26. The molecule has 110 valence electrons. The summed E-state index contributed by atoms with van der Waals surface area (Å²) in [5, 5.41) is 5.03. The topological polar surface area (TPSA) is 37.8 Å². The molecule has 1 N–H and O–H groups in total. The molecule has 1 aliphatic carbocycles. The van der Waals surface area contributed by atoms with Gasteiger partial charge in [0, 0.05) is 28.1 Å². The van der Waals surface area contributed by atoms with Crippen molar-refractivity contribution in [3.63, 3.8) is 0 Å². The van der Waals surface area contributed by atoms with Gasteiger partial charge in [-0.15, -0.1) is 11.3 Å². The lowest BCUT2D eigenvalue weighted by Crippen LogP contribution is -1.94. The van der Waals surface area contributed by atoms with Gasteiger partial charge in [-0.25, -0.2) is 9.97 Å². The Balaban J connectivity index is 1.66. The maximum Gasteiger partial charge on any atom is 0.189 e. The van der Waals surface area contributed by atoms with Crippen molar-refractivity contribution in [3.05, 3.63) is 57.6 Å². The van der Waals surface area contributed by atoms with Crippen LogP contribution >= 0.6 is 22.9 Å². The largest absolute Gasteiger partial charge is 0.316 e. The van der Waals surface area contributed by atoms with E-state index in [1.54, 1.807) is 11.3 Å². The first kappa shape index (κ1) is 13.7. The Bertz CT molecular complexity index is 857. The predicted octanol–water partition coefficient (Wildman–Crippen LogP) is 5.07. The van der Waals surface area contributed by atoms with Gasteiger partial charge in [0.05, 0.1) is 5.69 Å². The summed E-state index contributed by atoms with van der Waals surface area (Å²) < 4.78 is 0. The van der Waals surface area contributed by atoms with E-state index in [-0.39, 0.29) is 0 Å². The van der Waals surface area contributed by atoms with Crippen molar-refractivity contribution < 1.29 is 0 Å². The summed E-state index contributed by atoms with van der Waals surface area (Å²) in [4.78, 5) is 10.4. The fourth-order valence-corrected chi connectivity index (χ4v) is 3.96. The third kappa shape index (κ3) is 2.28. The van der Waals surface area contributed by atoms with Crippen molar-refractivity contribution in [2.45, 2.75) is 19.8 Å². The van der Waals surface area contributed by atoms with Gasteiger partial charge in [0.15, 0.2) is 5.13 Å². The Hall–Kier alpha value is -1.91. The predicted molar refractivity (Wildman–Crippen MR) is 92.3 cm³/mol. The first-order chi connectivity index (χ1) is 10.7. The summed E-state index contributed by atoms with van der Waals surface area (Å²) in [7, 11) is 0. The lowest BCUT2D eigenvalue weighted by Gasteiger charge is -2.04. The molecular weight excluding hydrogens is 314 g/mol. The molecule has 2 aromatic heterocycles. The van der Waals surface area contributed by atoms with Crippen LogP contribution in [0.1, 0.15) is 22.9 Å². The summed E-state index contributed by atoms with van der Waals surface area (Å²) in [5.74, 6) is 0.845. The summed E-state index contributed by atoms with van der Waals surface area (Å²) in [6, 6.07) is 10.1. The molecular formula is C17H14ClN3S. The number of rotatable bonds is 3. The van der Waals surface area contributed by atoms with Gasteiger partial charge >= 0.3 is 0 Å². The second kappa shape index (κ2) is 5.38. The minimum atomic E-state index is 0.828. The zero-order valence-electron chi connectivity index (χ0n) is 12.1. The van der Waals surface area contributed by atoms with Crippen LogP contribution in [0.3, 0.4) is 0 Å². The monoisotopic (exact) mass is 327 g/mol. The molecule has 1 aliphatic rings. The van der Waals surface area contributed by atoms with Crippen LogP contribution in [0, 0.1) is 0 Å². The Kier molecular flexibility index (Phi) is 3.36. The zero-order chi connectivity index (χ0) is 15.1. The number of fused-ring (bicyclic) bond motifs is 3. The average molecular weight is 328 g/mol. The molecule has 0 unspecified atom stereocenters. The van der Waals surface area contributed by atoms with Crippen LogP contribution in [0.15, 0.2) is 36.5 Å². The van der Waals surface area contributed by atoms with Crippen LogP contribution in [0.4, 0.5) is 10.9 Å². The number of aromatic nitrogens is 2. The number of nitrogens with one attached hydrogen (secondary N) is 1. The highest BCUT2D eigenvalue weighted by Gasteiger charge is 2.25. The fourth-order valence-electron chi connectivity index (χ4n) is 2.73. The molecule has 0 radical (unpaired) electrons. The summed E-state index contributed by atoms with van der Waals surface area (Å²) in [6.07, 6.45) is 3.70. The Labute approximate surface area is 138 Å². The van der Waals surface area contributed by atoms with Crippen molar-refractivity contribution in [2.75, 3.05) is 5.32 Å². The third-order valence-electron chi connectivity index (χ3n) is 3.88. The van der Waals surface area contributed by atoms with Gasteiger partial charge in [0.2, 0.25) is 0 Å². The molecule has 0 aliphatic heterocycles. The molecule has 0 bridgehead atoms. The van der Waals surface area contributed by atoms with Crippen molar-refractivity contribution in [2.24, 2.45) is 0 Å². The highest BCUT2D eigenvalue weighted by Crippen LogP contribution is 2.43. The van der Waals surface area contributed by atoms with Crippen LogP contribution in [-0.4, -0.2) is 9.97 Å². The van der Waals surface area contributed by atoms with Crippen LogP contribution in [-0.2, 0) is 12.8 Å². The normalized spacial score (nSPS) is 12.1. The van der Waals surface area contributed by atoms with E-state index in [2.05, 4.69) is 29.4 Å². The Morgan fingerprint density at radius 1 is 1.32 bits per heavy atom. The van der Waals surface area contributed by atoms with Crippen LogP contribution in [0.25, 0.3) is 11.3 Å². The van der Waals surface area contributed by atoms with E-state index in [0.717, 1.165) is 40.1 Å². The van der Waals surface area contributed by atoms with Crippen LogP contribution in [0.5, 0.6) is 0 Å². The lowest BCUT2D eigenvalue weighted by molar-refractivity contribution is 1.12. The maximum absolute atomic E-state index is 6.27. The first-order valence-corrected chi connectivity index (χ1v) is 8.43. The number of anilines is 2. The van der Waals surface area contributed by atoms with E-state index in [4.69, 9.17) is 16.6 Å². The smallest absolute Gasteiger partial charge is 0.189 e. The molecule has 1 aromatic carbocycles. The molecule has 0 spiro atoms. The quantitative estimate of drug-likeness (QED) is 0.571. The van der Waals surface area contributed by atoms with E-state index in [0.29, 0.717) is 0 Å². The van der Waals surface area contributed by atoms with E-state index in [1.807, 2.05) is 24.4 Å². The molecule has 0 saturated heterocycles. The maximum atomic E-state index is 6.27. The van der Waals surface area contributed by atoms with Crippen LogP contribution < -0.4 is 5.32 Å². The summed E-state index contributed by atoms with van der Waals surface area (Å²) >= 11 is 7.95. The van der Waals surface area contributed by atoms with E-state index >= 15 is 0 Å². The molecule has 4 rings (SSSR count). The van der Waals surface area contributed by atoms with Gasteiger partial charge in [0.25, 0.3) is 0 Å². The average Bonchev–Trinajstić information content (AvgIpc) is 3.06. The Morgan fingerprint density at radius 2 is 2.23 bits per heavy atom. The van der Waals surface area contributed by atoms with Crippen LogP contribution in [0.2, 0.25) is 5.02 Å². The highest BCUT2D eigenvalue weighted by atomic mass is 35.5. The molecule has 0 fully saturated rings. The number of aryl methyl sites for hydroxylation is 1. The van der Waals surface area contributed by atoms with Gasteiger partial charge in [-0.1, -0.05) is 30.7 Å². The number of hydrogen-bond donors (Lipinski definition) is 1. The standard InChI is InChI=1S/C17H14ClN3S/c1-2-10-6-7-19-15(8-10)20-17-21-16-11-4-3-5-13(18)12(11)9-14(16)22-17/h3-8H,2,9H2,1H3,(H,19,20,21). The molecule has 3 nitrogen and oxygen atoms in total. The second-order valence-corrected chi connectivity index (χ2v) is 6.75. The van der Waals surface area contributed by atoms with Gasteiger partial charge in [-0.3, -0.25) is 0 Å². The van der Waals surface area contributed by atoms with E-state index in [1.165, 1.54) is 16.0 Å².